The SMILES string of the molecule is CC(NC(=O)C1CCCO1)C(=O)Nc1ccccc1F. The first-order valence-electron chi connectivity index (χ1n) is 6.55. The van der Waals surface area contributed by atoms with Crippen molar-refractivity contribution < 1.29 is 18.7 Å². The molecule has 1 fully saturated rings. The summed E-state index contributed by atoms with van der Waals surface area (Å²) >= 11 is 0. The van der Waals surface area contributed by atoms with E-state index in [2.05, 4.69) is 10.6 Å². The van der Waals surface area contributed by atoms with Gasteiger partial charge in [-0.25, -0.2) is 4.39 Å². The van der Waals surface area contributed by atoms with Gasteiger partial charge in [-0.3, -0.25) is 9.59 Å². The molecule has 2 rings (SSSR count). The molecule has 0 aliphatic carbocycles. The number of carbonyl (C=O) groups is 2. The van der Waals surface area contributed by atoms with Crippen LogP contribution in [0.15, 0.2) is 24.3 Å². The molecule has 2 unspecified atom stereocenters. The largest absolute Gasteiger partial charge is 0.368 e. The highest BCUT2D eigenvalue weighted by atomic mass is 19.1. The van der Waals surface area contributed by atoms with Crippen molar-refractivity contribution in [2.75, 3.05) is 11.9 Å². The smallest absolute Gasteiger partial charge is 0.249 e. The maximum absolute atomic E-state index is 13.4. The van der Waals surface area contributed by atoms with E-state index in [4.69, 9.17) is 4.74 Å². The van der Waals surface area contributed by atoms with Crippen LogP contribution < -0.4 is 10.6 Å². The van der Waals surface area contributed by atoms with E-state index < -0.39 is 23.9 Å². The lowest BCUT2D eigenvalue weighted by molar-refractivity contribution is -0.133. The molecule has 2 N–H and O–H groups in total. The highest BCUT2D eigenvalue weighted by molar-refractivity contribution is 5.97. The Bertz CT molecular complexity index is 501. The number of anilines is 1. The molecule has 1 aromatic rings. The molecule has 1 aliphatic rings. The minimum atomic E-state index is -0.758. The first kappa shape index (κ1) is 14.5. The van der Waals surface area contributed by atoms with E-state index in [9.17, 15) is 14.0 Å². The van der Waals surface area contributed by atoms with Gasteiger partial charge in [-0.1, -0.05) is 12.1 Å². The minimum Gasteiger partial charge on any atom is -0.368 e. The third-order valence-corrected chi connectivity index (χ3v) is 3.11. The predicted molar refractivity (Wildman–Crippen MR) is 71.6 cm³/mol. The van der Waals surface area contributed by atoms with Crippen LogP contribution in [0.3, 0.4) is 0 Å². The molecule has 0 bridgehead atoms. The molecular weight excluding hydrogens is 263 g/mol. The maximum Gasteiger partial charge on any atom is 0.249 e. The Balaban J connectivity index is 1.88. The van der Waals surface area contributed by atoms with Crippen molar-refractivity contribution in [2.45, 2.75) is 31.9 Å². The number of benzene rings is 1. The van der Waals surface area contributed by atoms with Gasteiger partial charge in [0.05, 0.1) is 5.69 Å². The number of halogens is 1. The maximum atomic E-state index is 13.4. The van der Waals surface area contributed by atoms with Crippen molar-refractivity contribution >= 4 is 17.5 Å². The first-order chi connectivity index (χ1) is 9.58. The van der Waals surface area contributed by atoms with Crippen LogP contribution in [0.25, 0.3) is 0 Å². The fraction of sp³-hybridized carbons (Fsp3) is 0.429. The first-order valence-corrected chi connectivity index (χ1v) is 6.55. The Morgan fingerprint density at radius 1 is 1.40 bits per heavy atom. The standard InChI is InChI=1S/C14H17FN2O3/c1-9(16-14(19)12-7-4-8-20-12)13(18)17-11-6-3-2-5-10(11)15/h2-3,5-6,9,12H,4,7-8H2,1H3,(H,16,19)(H,17,18). The van der Waals surface area contributed by atoms with E-state index in [0.29, 0.717) is 13.0 Å². The lowest BCUT2D eigenvalue weighted by atomic mass is 10.2. The summed E-state index contributed by atoms with van der Waals surface area (Å²) in [6, 6.07) is 5.11. The molecule has 108 valence electrons. The van der Waals surface area contributed by atoms with Crippen LogP contribution in [-0.4, -0.2) is 30.6 Å². The van der Waals surface area contributed by atoms with E-state index in [1.807, 2.05) is 0 Å². The van der Waals surface area contributed by atoms with Crippen LogP contribution in [-0.2, 0) is 14.3 Å². The topological polar surface area (TPSA) is 67.4 Å². The van der Waals surface area contributed by atoms with Gasteiger partial charge in [0.1, 0.15) is 18.0 Å². The van der Waals surface area contributed by atoms with Gasteiger partial charge in [-0.2, -0.15) is 0 Å². The number of nitrogens with one attached hydrogen (secondary N) is 2. The number of hydrogen-bond acceptors (Lipinski definition) is 3. The summed E-state index contributed by atoms with van der Waals surface area (Å²) in [4.78, 5) is 23.7. The zero-order valence-corrected chi connectivity index (χ0v) is 11.2. The summed E-state index contributed by atoms with van der Waals surface area (Å²) in [5.41, 5.74) is 0.0933. The average Bonchev–Trinajstić information content (AvgIpc) is 2.95. The molecule has 0 aromatic heterocycles. The zero-order chi connectivity index (χ0) is 14.5. The summed E-state index contributed by atoms with van der Waals surface area (Å²) in [6.45, 7) is 2.11. The van der Waals surface area contributed by atoms with Crippen molar-refractivity contribution in [2.24, 2.45) is 0 Å². The monoisotopic (exact) mass is 280 g/mol. The molecule has 2 amide bonds. The third kappa shape index (κ3) is 3.54. The molecule has 1 heterocycles. The fourth-order valence-corrected chi connectivity index (χ4v) is 1.96. The highest BCUT2D eigenvalue weighted by Crippen LogP contribution is 2.14. The van der Waals surface area contributed by atoms with Gasteiger partial charge in [-0.05, 0) is 31.9 Å². The number of ether oxygens (including phenoxy) is 1. The Morgan fingerprint density at radius 3 is 2.80 bits per heavy atom. The molecule has 20 heavy (non-hydrogen) atoms. The number of rotatable bonds is 4. The Kier molecular flexibility index (Phi) is 4.68. The van der Waals surface area contributed by atoms with Gasteiger partial charge >= 0.3 is 0 Å². The van der Waals surface area contributed by atoms with Crippen LogP contribution >= 0.6 is 0 Å². The quantitative estimate of drug-likeness (QED) is 0.877. The Morgan fingerprint density at radius 2 is 2.15 bits per heavy atom. The summed E-state index contributed by atoms with van der Waals surface area (Å²) in [5.74, 6) is -1.29. The van der Waals surface area contributed by atoms with Gasteiger partial charge in [0.2, 0.25) is 11.8 Å². The normalized spacial score (nSPS) is 19.4. The molecule has 2 atom stereocenters. The second-order valence-electron chi connectivity index (χ2n) is 4.70. The fourth-order valence-electron chi connectivity index (χ4n) is 1.96. The van der Waals surface area contributed by atoms with Gasteiger partial charge < -0.3 is 15.4 Å². The summed E-state index contributed by atoms with van der Waals surface area (Å²) in [5, 5.41) is 5.00. The van der Waals surface area contributed by atoms with Crippen molar-refractivity contribution in [3.05, 3.63) is 30.1 Å². The Labute approximate surface area is 116 Å². The van der Waals surface area contributed by atoms with Crippen molar-refractivity contribution in [3.8, 4) is 0 Å². The lowest BCUT2D eigenvalue weighted by Crippen LogP contribution is -2.45. The number of para-hydroxylation sites is 1. The molecule has 0 radical (unpaired) electrons. The molecule has 0 saturated carbocycles. The van der Waals surface area contributed by atoms with Crippen molar-refractivity contribution in [1.82, 2.24) is 5.32 Å². The second kappa shape index (κ2) is 6.47. The van der Waals surface area contributed by atoms with Gasteiger partial charge in [0.15, 0.2) is 0 Å². The van der Waals surface area contributed by atoms with Crippen LogP contribution in [0.2, 0.25) is 0 Å². The number of carbonyl (C=O) groups excluding carboxylic acids is 2. The summed E-state index contributed by atoms with van der Waals surface area (Å²) in [6.07, 6.45) is 1.01. The molecule has 0 spiro atoms. The molecule has 1 aliphatic heterocycles. The van der Waals surface area contributed by atoms with E-state index in [0.717, 1.165) is 6.42 Å². The van der Waals surface area contributed by atoms with Crippen LogP contribution in [0, 0.1) is 5.82 Å². The predicted octanol–water partition coefficient (Wildman–Crippen LogP) is 1.45. The van der Waals surface area contributed by atoms with E-state index in [1.54, 1.807) is 13.0 Å². The molecule has 1 saturated heterocycles. The zero-order valence-electron chi connectivity index (χ0n) is 11.2. The van der Waals surface area contributed by atoms with E-state index >= 15 is 0 Å². The van der Waals surface area contributed by atoms with E-state index in [-0.39, 0.29) is 11.6 Å². The van der Waals surface area contributed by atoms with Crippen LogP contribution in [0.4, 0.5) is 10.1 Å². The average molecular weight is 280 g/mol. The molecule has 6 heteroatoms. The van der Waals surface area contributed by atoms with Gasteiger partial charge in [-0.15, -0.1) is 0 Å². The number of hydrogen-bond donors (Lipinski definition) is 2. The van der Waals surface area contributed by atoms with E-state index in [1.165, 1.54) is 18.2 Å². The molecular formula is C14H17FN2O3. The van der Waals surface area contributed by atoms with Crippen LogP contribution in [0.5, 0.6) is 0 Å². The van der Waals surface area contributed by atoms with Gasteiger partial charge in [0, 0.05) is 6.61 Å². The van der Waals surface area contributed by atoms with Crippen molar-refractivity contribution in [1.29, 1.82) is 0 Å². The second-order valence-corrected chi connectivity index (χ2v) is 4.70. The van der Waals surface area contributed by atoms with Crippen molar-refractivity contribution in [3.63, 3.8) is 0 Å². The number of amides is 2. The van der Waals surface area contributed by atoms with Crippen LogP contribution in [0.1, 0.15) is 19.8 Å². The summed E-state index contributed by atoms with van der Waals surface area (Å²) in [7, 11) is 0. The minimum absolute atomic E-state index is 0.0933. The molecule has 5 nitrogen and oxygen atoms in total. The summed E-state index contributed by atoms with van der Waals surface area (Å²) < 4.78 is 18.6. The van der Waals surface area contributed by atoms with Gasteiger partial charge in [0.25, 0.3) is 0 Å². The Hall–Kier alpha value is -1.95. The third-order valence-electron chi connectivity index (χ3n) is 3.11. The molecule has 1 aromatic carbocycles. The highest BCUT2D eigenvalue weighted by Gasteiger charge is 2.26. The lowest BCUT2D eigenvalue weighted by Gasteiger charge is -2.16.